The molecule has 0 fully saturated rings. The summed E-state index contributed by atoms with van der Waals surface area (Å²) in [6.45, 7) is 2.16. The van der Waals surface area contributed by atoms with Crippen molar-refractivity contribution >= 4 is 5.78 Å². The van der Waals surface area contributed by atoms with Crippen molar-refractivity contribution in [1.29, 1.82) is 0 Å². The number of phenolic OH excluding ortho intramolecular Hbond substituents is 3. The molecular weight excluding hydrogens is 344 g/mol. The Morgan fingerprint density at radius 3 is 2.41 bits per heavy atom. The van der Waals surface area contributed by atoms with E-state index in [9.17, 15) is 20.1 Å². The second-order valence-electron chi connectivity index (χ2n) is 7.09. The van der Waals surface area contributed by atoms with E-state index in [1.165, 1.54) is 12.5 Å². The van der Waals surface area contributed by atoms with Gasteiger partial charge in [-0.05, 0) is 30.5 Å². The standard InChI is InChI=1S/C22H26O5/c1-2-3-4-5-6-7-16-17(24)12-18(25)21-19(26)13-20(27-22(16)21)14-8-10-15(23)11-9-14/h8-12,20,23-25H,2-7,13H2,1H3/t20-/m0/s1. The number of aromatic hydroxyl groups is 3. The molecule has 0 spiro atoms. The topological polar surface area (TPSA) is 87.0 Å². The molecule has 3 rings (SSSR count). The van der Waals surface area contributed by atoms with Crippen LogP contribution in [0.5, 0.6) is 23.0 Å². The number of Topliss-reactive ketones (excluding diaryl/α,β-unsaturated/α-hetero) is 1. The number of hydrogen-bond acceptors (Lipinski definition) is 5. The zero-order valence-electron chi connectivity index (χ0n) is 15.6. The molecule has 0 aliphatic carbocycles. The van der Waals surface area contributed by atoms with Crippen molar-refractivity contribution in [3.05, 3.63) is 47.0 Å². The third-order valence-electron chi connectivity index (χ3n) is 5.04. The molecule has 1 heterocycles. The summed E-state index contributed by atoms with van der Waals surface area (Å²) in [6.07, 6.45) is 5.58. The van der Waals surface area contributed by atoms with E-state index >= 15 is 0 Å². The molecule has 2 aromatic carbocycles. The molecule has 2 aromatic rings. The lowest BCUT2D eigenvalue weighted by molar-refractivity contribution is 0.0842. The minimum Gasteiger partial charge on any atom is -0.508 e. The number of unbranched alkanes of at least 4 members (excludes halogenated alkanes) is 4. The first-order valence-electron chi connectivity index (χ1n) is 9.57. The summed E-state index contributed by atoms with van der Waals surface area (Å²) in [7, 11) is 0. The Balaban J connectivity index is 1.88. The van der Waals surface area contributed by atoms with Crippen LogP contribution in [0, 0.1) is 0 Å². The number of hydrogen-bond donors (Lipinski definition) is 3. The van der Waals surface area contributed by atoms with Gasteiger partial charge in [-0.1, -0.05) is 44.7 Å². The number of ketones is 1. The van der Waals surface area contributed by atoms with E-state index in [4.69, 9.17) is 4.74 Å². The predicted molar refractivity (Wildman–Crippen MR) is 103 cm³/mol. The normalized spacial score (nSPS) is 16.0. The van der Waals surface area contributed by atoms with Crippen LogP contribution in [0.3, 0.4) is 0 Å². The van der Waals surface area contributed by atoms with Gasteiger partial charge in [0.2, 0.25) is 0 Å². The smallest absolute Gasteiger partial charge is 0.174 e. The molecule has 0 unspecified atom stereocenters. The molecule has 0 aromatic heterocycles. The Morgan fingerprint density at radius 2 is 1.70 bits per heavy atom. The first kappa shape index (κ1) is 19.1. The van der Waals surface area contributed by atoms with Crippen LogP contribution in [0.4, 0.5) is 0 Å². The van der Waals surface area contributed by atoms with Gasteiger partial charge in [0.05, 0.1) is 6.42 Å². The summed E-state index contributed by atoms with van der Waals surface area (Å²) in [5, 5.41) is 30.0. The van der Waals surface area contributed by atoms with Crippen LogP contribution in [0.15, 0.2) is 30.3 Å². The van der Waals surface area contributed by atoms with Crippen LogP contribution in [0.1, 0.15) is 73.0 Å². The molecule has 27 heavy (non-hydrogen) atoms. The zero-order chi connectivity index (χ0) is 19.4. The Kier molecular flexibility index (Phi) is 5.89. The second kappa shape index (κ2) is 8.33. The van der Waals surface area contributed by atoms with Crippen LogP contribution >= 0.6 is 0 Å². The number of carbonyl (C=O) groups is 1. The van der Waals surface area contributed by atoms with Gasteiger partial charge in [-0.15, -0.1) is 0 Å². The molecule has 1 atom stereocenters. The van der Waals surface area contributed by atoms with Crippen LogP contribution in [-0.2, 0) is 6.42 Å². The van der Waals surface area contributed by atoms with Gasteiger partial charge in [0.25, 0.3) is 0 Å². The SMILES string of the molecule is CCCCCCCc1c(O)cc(O)c2c1O[C@H](c1ccc(O)cc1)CC2=O. The lowest BCUT2D eigenvalue weighted by Gasteiger charge is -2.28. The Labute approximate surface area is 159 Å². The molecule has 0 saturated carbocycles. The molecular formula is C22H26O5. The number of carbonyl (C=O) groups excluding carboxylic acids is 1. The highest BCUT2D eigenvalue weighted by molar-refractivity contribution is 6.03. The molecule has 1 aliphatic heterocycles. The Morgan fingerprint density at radius 1 is 1.00 bits per heavy atom. The Hall–Kier alpha value is -2.69. The summed E-state index contributed by atoms with van der Waals surface area (Å²) in [5.74, 6) is -0.0620. The summed E-state index contributed by atoms with van der Waals surface area (Å²) in [5.41, 5.74) is 1.51. The number of ether oxygens (including phenoxy) is 1. The first-order chi connectivity index (χ1) is 13.0. The second-order valence-corrected chi connectivity index (χ2v) is 7.09. The first-order valence-corrected chi connectivity index (χ1v) is 9.57. The van der Waals surface area contributed by atoms with Crippen molar-refractivity contribution in [2.45, 2.75) is 58.0 Å². The average Bonchev–Trinajstić information content (AvgIpc) is 2.63. The highest BCUT2D eigenvalue weighted by Gasteiger charge is 2.33. The van der Waals surface area contributed by atoms with Gasteiger partial charge in [0, 0.05) is 11.6 Å². The monoisotopic (exact) mass is 370 g/mol. The van der Waals surface area contributed by atoms with E-state index in [1.54, 1.807) is 24.3 Å². The van der Waals surface area contributed by atoms with Crippen molar-refractivity contribution in [3.63, 3.8) is 0 Å². The van der Waals surface area contributed by atoms with Crippen molar-refractivity contribution in [1.82, 2.24) is 0 Å². The zero-order valence-corrected chi connectivity index (χ0v) is 15.6. The van der Waals surface area contributed by atoms with Crippen LogP contribution < -0.4 is 4.74 Å². The fourth-order valence-electron chi connectivity index (χ4n) is 3.55. The van der Waals surface area contributed by atoms with Crippen LogP contribution in [0.2, 0.25) is 0 Å². The Bertz CT molecular complexity index is 810. The minimum atomic E-state index is -0.509. The maximum Gasteiger partial charge on any atom is 0.174 e. The van der Waals surface area contributed by atoms with Gasteiger partial charge in [0.15, 0.2) is 5.78 Å². The minimum absolute atomic E-state index is 0.0408. The summed E-state index contributed by atoms with van der Waals surface area (Å²) in [4.78, 5) is 12.7. The van der Waals surface area contributed by atoms with E-state index in [0.29, 0.717) is 12.0 Å². The van der Waals surface area contributed by atoms with Crippen molar-refractivity contribution in [3.8, 4) is 23.0 Å². The van der Waals surface area contributed by atoms with Gasteiger partial charge in [-0.25, -0.2) is 0 Å². The summed E-state index contributed by atoms with van der Waals surface area (Å²) in [6, 6.07) is 7.76. The fourth-order valence-corrected chi connectivity index (χ4v) is 3.55. The molecule has 0 saturated heterocycles. The highest BCUT2D eigenvalue weighted by Crippen LogP contribution is 2.45. The number of phenols is 3. The molecule has 144 valence electrons. The molecule has 5 nitrogen and oxygen atoms in total. The van der Waals surface area contributed by atoms with Crippen LogP contribution in [0.25, 0.3) is 0 Å². The molecule has 5 heteroatoms. The van der Waals surface area contributed by atoms with Crippen molar-refractivity contribution in [2.75, 3.05) is 0 Å². The van der Waals surface area contributed by atoms with Crippen molar-refractivity contribution < 1.29 is 24.9 Å². The number of benzene rings is 2. The predicted octanol–water partition coefficient (Wildman–Crippen LogP) is 5.02. The third kappa shape index (κ3) is 4.18. The van der Waals surface area contributed by atoms with E-state index in [-0.39, 0.29) is 40.8 Å². The van der Waals surface area contributed by atoms with Crippen LogP contribution in [-0.4, -0.2) is 21.1 Å². The highest BCUT2D eigenvalue weighted by atomic mass is 16.5. The van der Waals surface area contributed by atoms with Crippen molar-refractivity contribution in [2.24, 2.45) is 0 Å². The molecule has 0 radical (unpaired) electrons. The maximum atomic E-state index is 12.7. The largest absolute Gasteiger partial charge is 0.508 e. The lowest BCUT2D eigenvalue weighted by Crippen LogP contribution is -2.21. The number of fused-ring (bicyclic) bond motifs is 1. The van der Waals surface area contributed by atoms with Gasteiger partial charge in [-0.2, -0.15) is 0 Å². The summed E-state index contributed by atoms with van der Waals surface area (Å²) >= 11 is 0. The van der Waals surface area contributed by atoms with Gasteiger partial charge < -0.3 is 20.1 Å². The van der Waals surface area contributed by atoms with E-state index in [0.717, 1.165) is 31.2 Å². The van der Waals surface area contributed by atoms with Gasteiger partial charge in [-0.3, -0.25) is 4.79 Å². The van der Waals surface area contributed by atoms with E-state index in [1.807, 2.05) is 0 Å². The third-order valence-corrected chi connectivity index (χ3v) is 5.04. The van der Waals surface area contributed by atoms with Gasteiger partial charge >= 0.3 is 0 Å². The molecule has 0 amide bonds. The van der Waals surface area contributed by atoms with E-state index < -0.39 is 6.10 Å². The fraction of sp³-hybridized carbons (Fsp3) is 0.409. The molecule has 3 N–H and O–H groups in total. The summed E-state index contributed by atoms with van der Waals surface area (Å²) < 4.78 is 6.08. The van der Waals surface area contributed by atoms with E-state index in [2.05, 4.69) is 6.92 Å². The molecule has 0 bridgehead atoms. The lowest BCUT2D eigenvalue weighted by atomic mass is 9.91. The quantitative estimate of drug-likeness (QED) is 0.596. The maximum absolute atomic E-state index is 12.7. The van der Waals surface area contributed by atoms with Gasteiger partial charge in [0.1, 0.15) is 34.7 Å². The number of rotatable bonds is 7. The molecule has 1 aliphatic rings. The average molecular weight is 370 g/mol.